The predicted molar refractivity (Wildman–Crippen MR) is 71.1 cm³/mol. The van der Waals surface area contributed by atoms with E-state index in [2.05, 4.69) is 0 Å². The number of carboxylic acid groups (broad SMARTS) is 1. The number of alkyl halides is 3. The van der Waals surface area contributed by atoms with E-state index in [9.17, 15) is 18.0 Å². The smallest absolute Gasteiger partial charge is 0.416 e. The lowest BCUT2D eigenvalue weighted by Crippen LogP contribution is -2.05. The standard InChI is InChI=1S/C13H10F3NO3S/c14-13(15,16)7-1-4-11(9(17)5-7)21-6-8-2-3-10(20-8)12(18)19/h1-5H,6,17H2,(H,18,19). The largest absolute Gasteiger partial charge is 0.475 e. The van der Waals surface area contributed by atoms with E-state index in [1.54, 1.807) is 0 Å². The number of thioether (sulfide) groups is 1. The van der Waals surface area contributed by atoms with Crippen LogP contribution in [0.2, 0.25) is 0 Å². The topological polar surface area (TPSA) is 76.5 Å². The first-order valence-corrected chi connectivity index (χ1v) is 6.67. The van der Waals surface area contributed by atoms with Crippen molar-refractivity contribution < 1.29 is 27.5 Å². The average Bonchev–Trinajstić information content (AvgIpc) is 2.85. The first-order valence-electron chi connectivity index (χ1n) is 5.69. The summed E-state index contributed by atoms with van der Waals surface area (Å²) in [7, 11) is 0. The number of halogens is 3. The summed E-state index contributed by atoms with van der Waals surface area (Å²) in [5.74, 6) is -0.703. The highest BCUT2D eigenvalue weighted by Crippen LogP contribution is 2.35. The summed E-state index contributed by atoms with van der Waals surface area (Å²) in [6.45, 7) is 0. The molecule has 0 atom stereocenters. The van der Waals surface area contributed by atoms with Crippen LogP contribution < -0.4 is 5.73 Å². The Morgan fingerprint density at radius 1 is 1.29 bits per heavy atom. The highest BCUT2D eigenvalue weighted by atomic mass is 32.2. The van der Waals surface area contributed by atoms with Crippen molar-refractivity contribution in [2.75, 3.05) is 5.73 Å². The molecular weight excluding hydrogens is 307 g/mol. The molecule has 21 heavy (non-hydrogen) atoms. The van der Waals surface area contributed by atoms with Crippen molar-refractivity contribution >= 4 is 23.4 Å². The predicted octanol–water partition coefficient (Wildman–Crippen LogP) is 3.87. The number of aromatic carboxylic acids is 1. The number of benzene rings is 1. The molecule has 2 rings (SSSR count). The molecule has 0 radical (unpaired) electrons. The monoisotopic (exact) mass is 317 g/mol. The lowest BCUT2D eigenvalue weighted by Gasteiger charge is -2.10. The van der Waals surface area contributed by atoms with Crippen molar-refractivity contribution in [3.05, 3.63) is 47.4 Å². The molecule has 1 heterocycles. The first kappa shape index (κ1) is 15.3. The van der Waals surface area contributed by atoms with E-state index in [1.165, 1.54) is 30.0 Å². The molecule has 2 aromatic rings. The Morgan fingerprint density at radius 2 is 2.00 bits per heavy atom. The second kappa shape index (κ2) is 5.72. The van der Waals surface area contributed by atoms with Crippen LogP contribution in [0.1, 0.15) is 21.9 Å². The Kier molecular flexibility index (Phi) is 4.17. The van der Waals surface area contributed by atoms with Gasteiger partial charge in [-0.1, -0.05) is 0 Å². The lowest BCUT2D eigenvalue weighted by molar-refractivity contribution is -0.137. The number of hydrogen-bond acceptors (Lipinski definition) is 4. The van der Waals surface area contributed by atoms with Crippen LogP contribution in [0.15, 0.2) is 39.6 Å². The van der Waals surface area contributed by atoms with Crippen LogP contribution in [-0.4, -0.2) is 11.1 Å². The van der Waals surface area contributed by atoms with Crippen LogP contribution in [0, 0.1) is 0 Å². The van der Waals surface area contributed by atoms with Gasteiger partial charge in [0.2, 0.25) is 5.76 Å². The molecule has 0 aliphatic carbocycles. The van der Waals surface area contributed by atoms with E-state index in [-0.39, 0.29) is 17.2 Å². The molecule has 0 spiro atoms. The fourth-order valence-corrected chi connectivity index (χ4v) is 2.42. The van der Waals surface area contributed by atoms with Crippen LogP contribution in [0.5, 0.6) is 0 Å². The normalized spacial score (nSPS) is 11.6. The molecule has 0 amide bonds. The van der Waals surface area contributed by atoms with Gasteiger partial charge in [-0.15, -0.1) is 11.8 Å². The van der Waals surface area contributed by atoms with E-state index >= 15 is 0 Å². The fourth-order valence-electron chi connectivity index (χ4n) is 1.58. The third-order valence-corrected chi connectivity index (χ3v) is 3.69. The second-order valence-corrected chi connectivity index (χ2v) is 5.13. The van der Waals surface area contributed by atoms with Gasteiger partial charge >= 0.3 is 12.1 Å². The van der Waals surface area contributed by atoms with Gasteiger partial charge in [0.15, 0.2) is 0 Å². The molecule has 112 valence electrons. The third kappa shape index (κ3) is 3.72. The molecular formula is C13H10F3NO3S. The van der Waals surface area contributed by atoms with Crippen LogP contribution in [-0.2, 0) is 11.9 Å². The Balaban J connectivity index is 2.08. The van der Waals surface area contributed by atoms with E-state index in [0.29, 0.717) is 10.7 Å². The zero-order chi connectivity index (χ0) is 15.6. The van der Waals surface area contributed by atoms with Gasteiger partial charge in [0.05, 0.1) is 11.3 Å². The molecule has 0 saturated heterocycles. The second-order valence-electron chi connectivity index (χ2n) is 4.11. The zero-order valence-electron chi connectivity index (χ0n) is 10.5. The number of hydrogen-bond donors (Lipinski definition) is 2. The van der Waals surface area contributed by atoms with Crippen molar-refractivity contribution in [1.82, 2.24) is 0 Å². The zero-order valence-corrected chi connectivity index (χ0v) is 11.3. The number of rotatable bonds is 4. The van der Waals surface area contributed by atoms with Crippen LogP contribution in [0.25, 0.3) is 0 Å². The van der Waals surface area contributed by atoms with Crippen LogP contribution >= 0.6 is 11.8 Å². The van der Waals surface area contributed by atoms with Gasteiger partial charge in [-0.05, 0) is 30.3 Å². The maximum absolute atomic E-state index is 12.5. The van der Waals surface area contributed by atoms with Gasteiger partial charge in [-0.3, -0.25) is 0 Å². The number of furan rings is 1. The van der Waals surface area contributed by atoms with Crippen molar-refractivity contribution in [2.45, 2.75) is 16.8 Å². The summed E-state index contributed by atoms with van der Waals surface area (Å²) >= 11 is 1.17. The van der Waals surface area contributed by atoms with Crippen LogP contribution in [0.4, 0.5) is 18.9 Å². The van der Waals surface area contributed by atoms with Gasteiger partial charge in [0.25, 0.3) is 0 Å². The molecule has 0 saturated carbocycles. The van der Waals surface area contributed by atoms with Gasteiger partial charge < -0.3 is 15.3 Å². The number of carbonyl (C=O) groups is 1. The van der Waals surface area contributed by atoms with Crippen molar-refractivity contribution in [2.24, 2.45) is 0 Å². The minimum Gasteiger partial charge on any atom is -0.475 e. The van der Waals surface area contributed by atoms with Gasteiger partial charge in [0, 0.05) is 10.6 Å². The van der Waals surface area contributed by atoms with E-state index in [4.69, 9.17) is 15.3 Å². The van der Waals surface area contributed by atoms with Crippen molar-refractivity contribution in [3.63, 3.8) is 0 Å². The summed E-state index contributed by atoms with van der Waals surface area (Å²) in [5.41, 5.74) is 4.79. The average molecular weight is 317 g/mol. The molecule has 1 aromatic carbocycles. The summed E-state index contributed by atoms with van der Waals surface area (Å²) in [6, 6.07) is 5.91. The van der Waals surface area contributed by atoms with Gasteiger partial charge in [-0.2, -0.15) is 13.2 Å². The molecule has 8 heteroatoms. The molecule has 0 aliphatic rings. The molecule has 4 nitrogen and oxygen atoms in total. The number of nitrogen functional groups attached to an aromatic ring is 1. The van der Waals surface area contributed by atoms with E-state index in [1.807, 2.05) is 0 Å². The third-order valence-electron chi connectivity index (χ3n) is 2.58. The number of anilines is 1. The molecule has 0 fully saturated rings. The first-order chi connectivity index (χ1) is 9.77. The summed E-state index contributed by atoms with van der Waals surface area (Å²) in [4.78, 5) is 11.1. The molecule has 0 aliphatic heterocycles. The quantitative estimate of drug-likeness (QED) is 0.661. The Labute approximate surface area is 121 Å². The minimum atomic E-state index is -4.44. The van der Waals surface area contributed by atoms with Gasteiger partial charge in [-0.25, -0.2) is 4.79 Å². The molecule has 0 unspecified atom stereocenters. The minimum absolute atomic E-state index is 0.0137. The number of carboxylic acids is 1. The van der Waals surface area contributed by atoms with Crippen LogP contribution in [0.3, 0.4) is 0 Å². The molecule has 0 bridgehead atoms. The molecule has 3 N–H and O–H groups in total. The lowest BCUT2D eigenvalue weighted by atomic mass is 10.2. The summed E-state index contributed by atoms with van der Waals surface area (Å²) in [6.07, 6.45) is -4.44. The highest BCUT2D eigenvalue weighted by molar-refractivity contribution is 7.98. The maximum Gasteiger partial charge on any atom is 0.416 e. The summed E-state index contributed by atoms with van der Waals surface area (Å²) in [5, 5.41) is 8.71. The van der Waals surface area contributed by atoms with Crippen molar-refractivity contribution in [1.29, 1.82) is 0 Å². The maximum atomic E-state index is 12.5. The highest BCUT2D eigenvalue weighted by Gasteiger charge is 2.30. The molecule has 1 aromatic heterocycles. The Bertz CT molecular complexity index is 667. The Hall–Kier alpha value is -2.09. The SMILES string of the molecule is Nc1cc(C(F)(F)F)ccc1SCc1ccc(C(=O)O)o1. The fraction of sp³-hybridized carbons (Fsp3) is 0.154. The van der Waals surface area contributed by atoms with Crippen molar-refractivity contribution in [3.8, 4) is 0 Å². The van der Waals surface area contributed by atoms with E-state index < -0.39 is 17.7 Å². The summed E-state index contributed by atoms with van der Waals surface area (Å²) < 4.78 is 42.5. The number of nitrogens with two attached hydrogens (primary N) is 1. The van der Waals surface area contributed by atoms with E-state index in [0.717, 1.165) is 12.1 Å². The van der Waals surface area contributed by atoms with Gasteiger partial charge in [0.1, 0.15) is 5.76 Å². The Morgan fingerprint density at radius 3 is 2.52 bits per heavy atom.